The van der Waals surface area contributed by atoms with Gasteiger partial charge in [0, 0.05) is 0 Å². The highest BCUT2D eigenvalue weighted by molar-refractivity contribution is 5.56. The fourth-order valence-corrected chi connectivity index (χ4v) is 1.45. The highest BCUT2D eigenvalue weighted by Crippen LogP contribution is 2.52. The Hall–Kier alpha value is -1.81. The van der Waals surface area contributed by atoms with Gasteiger partial charge in [0.1, 0.15) is 5.56 Å². The van der Waals surface area contributed by atoms with Gasteiger partial charge in [0.2, 0.25) is 0 Å². The minimum Gasteiger partial charge on any atom is -0.504 e. The van der Waals surface area contributed by atoms with Crippen molar-refractivity contribution in [2.75, 3.05) is 0 Å². The van der Waals surface area contributed by atoms with Crippen molar-refractivity contribution in [1.29, 1.82) is 0 Å². The molecule has 2 N–H and O–H groups in total. The summed E-state index contributed by atoms with van der Waals surface area (Å²) in [5.74, 6) is -4.28. The van der Waals surface area contributed by atoms with Crippen LogP contribution in [-0.2, 0) is 18.5 Å². The molecule has 0 heterocycles. The molecule has 0 amide bonds. The maximum atomic E-state index is 12.5. The third-order valence-corrected chi connectivity index (χ3v) is 2.15. The van der Waals surface area contributed by atoms with Gasteiger partial charge in [0.05, 0.1) is 11.1 Å². The van der Waals surface area contributed by atoms with Crippen molar-refractivity contribution in [2.24, 2.45) is 0 Å². The number of aromatic hydroxyl groups is 2. The van der Waals surface area contributed by atoms with E-state index >= 15 is 0 Å². The molecule has 1 rings (SSSR count). The Morgan fingerprint density at radius 1 is 0.650 bits per heavy atom. The Labute approximate surface area is 104 Å². The molecule has 0 fully saturated rings. The third kappa shape index (κ3) is 2.85. The van der Waals surface area contributed by atoms with E-state index < -0.39 is 52.8 Å². The van der Waals surface area contributed by atoms with Crippen LogP contribution in [-0.4, -0.2) is 10.2 Å². The van der Waals surface area contributed by atoms with Crippen LogP contribution in [0.1, 0.15) is 16.7 Å². The second kappa shape index (κ2) is 4.35. The summed E-state index contributed by atoms with van der Waals surface area (Å²) in [5, 5.41) is 17.6. The molecule has 0 aliphatic heterocycles. The zero-order chi connectivity index (χ0) is 16.1. The number of hydrogen-bond acceptors (Lipinski definition) is 2. The van der Waals surface area contributed by atoms with Gasteiger partial charge < -0.3 is 10.2 Å². The minimum atomic E-state index is -6.04. The summed E-state index contributed by atoms with van der Waals surface area (Å²) < 4.78 is 112. The second-order valence-electron chi connectivity index (χ2n) is 3.54. The minimum absolute atomic E-state index is 0.618. The molecule has 0 atom stereocenters. The number of phenolic OH excluding ortho intramolecular Hbond substituents is 2. The molecule has 2 nitrogen and oxygen atoms in total. The molecule has 0 aliphatic carbocycles. The topological polar surface area (TPSA) is 40.5 Å². The lowest BCUT2D eigenvalue weighted by molar-refractivity contribution is -0.175. The first-order valence-electron chi connectivity index (χ1n) is 4.48. The largest absolute Gasteiger partial charge is 0.504 e. The quantitative estimate of drug-likeness (QED) is 0.558. The summed E-state index contributed by atoms with van der Waals surface area (Å²) in [6.07, 6.45) is -17.8. The Bertz CT molecular complexity index is 524. The first-order chi connectivity index (χ1) is 8.67. The molecule has 1 aromatic rings. The van der Waals surface area contributed by atoms with Gasteiger partial charge in [0.25, 0.3) is 0 Å². The SMILES string of the molecule is Oc1cc(C(F)(F)F)c(C(F)(F)F)c(C(F)(F)F)c1O. The van der Waals surface area contributed by atoms with E-state index in [1.807, 2.05) is 0 Å². The Balaban J connectivity index is 3.96. The highest BCUT2D eigenvalue weighted by atomic mass is 19.4. The zero-order valence-corrected chi connectivity index (χ0v) is 8.87. The Morgan fingerprint density at radius 3 is 1.35 bits per heavy atom. The predicted octanol–water partition coefficient (Wildman–Crippen LogP) is 4.15. The predicted molar refractivity (Wildman–Crippen MR) is 44.8 cm³/mol. The number of phenols is 2. The number of rotatable bonds is 0. The molecule has 0 bridgehead atoms. The van der Waals surface area contributed by atoms with Gasteiger partial charge >= 0.3 is 18.5 Å². The fourth-order valence-electron chi connectivity index (χ4n) is 1.45. The summed E-state index contributed by atoms with van der Waals surface area (Å²) in [7, 11) is 0. The standard InChI is InChI=1S/C9H3F9O2/c10-7(11,12)2-1-3(19)6(20)5(9(16,17)18)4(2)8(13,14)15/h1,19-20H. The molecule has 0 aromatic heterocycles. The van der Waals surface area contributed by atoms with E-state index in [4.69, 9.17) is 10.2 Å². The van der Waals surface area contributed by atoms with Crippen LogP contribution >= 0.6 is 0 Å². The molecule has 114 valence electrons. The van der Waals surface area contributed by atoms with Crippen molar-refractivity contribution < 1.29 is 49.7 Å². The number of hydrogen-bond donors (Lipinski definition) is 2. The van der Waals surface area contributed by atoms with Crippen LogP contribution in [0.5, 0.6) is 11.5 Å². The van der Waals surface area contributed by atoms with Crippen molar-refractivity contribution >= 4 is 0 Å². The van der Waals surface area contributed by atoms with Crippen LogP contribution in [0.4, 0.5) is 39.5 Å². The summed E-state index contributed by atoms with van der Waals surface area (Å²) in [6.45, 7) is 0. The van der Waals surface area contributed by atoms with Crippen molar-refractivity contribution in [3.05, 3.63) is 22.8 Å². The maximum Gasteiger partial charge on any atom is 0.420 e. The maximum absolute atomic E-state index is 12.5. The van der Waals surface area contributed by atoms with Crippen molar-refractivity contribution in [3.8, 4) is 11.5 Å². The van der Waals surface area contributed by atoms with Gasteiger partial charge in [-0.1, -0.05) is 0 Å². The van der Waals surface area contributed by atoms with Crippen LogP contribution < -0.4 is 0 Å². The first-order valence-corrected chi connectivity index (χ1v) is 4.48. The molecule has 1 aromatic carbocycles. The lowest BCUT2D eigenvalue weighted by Crippen LogP contribution is -2.23. The van der Waals surface area contributed by atoms with E-state index in [1.165, 1.54) is 0 Å². The zero-order valence-electron chi connectivity index (χ0n) is 8.87. The number of alkyl halides is 9. The van der Waals surface area contributed by atoms with Gasteiger partial charge in [-0.25, -0.2) is 0 Å². The summed E-state index contributed by atoms with van der Waals surface area (Å²) in [5.41, 5.74) is -8.84. The second-order valence-corrected chi connectivity index (χ2v) is 3.54. The van der Waals surface area contributed by atoms with Crippen molar-refractivity contribution in [1.82, 2.24) is 0 Å². The first kappa shape index (κ1) is 16.2. The number of halogens is 9. The van der Waals surface area contributed by atoms with E-state index in [2.05, 4.69) is 0 Å². The van der Waals surface area contributed by atoms with Gasteiger partial charge in [-0.2, -0.15) is 39.5 Å². The van der Waals surface area contributed by atoms with Crippen LogP contribution in [0.3, 0.4) is 0 Å². The van der Waals surface area contributed by atoms with Crippen molar-refractivity contribution in [2.45, 2.75) is 18.5 Å². The van der Waals surface area contributed by atoms with E-state index in [0.29, 0.717) is 0 Å². The summed E-state index contributed by atoms with van der Waals surface area (Å²) >= 11 is 0. The molecular weight excluding hydrogens is 311 g/mol. The molecule has 0 saturated heterocycles. The average molecular weight is 314 g/mol. The Kier molecular flexibility index (Phi) is 3.53. The lowest BCUT2D eigenvalue weighted by atomic mass is 9.97. The number of benzene rings is 1. The van der Waals surface area contributed by atoms with E-state index in [0.717, 1.165) is 0 Å². The van der Waals surface area contributed by atoms with Crippen molar-refractivity contribution in [3.63, 3.8) is 0 Å². The molecule has 0 saturated carbocycles. The third-order valence-electron chi connectivity index (χ3n) is 2.15. The lowest BCUT2D eigenvalue weighted by Gasteiger charge is -2.22. The molecular formula is C9H3F9O2. The molecule has 0 spiro atoms. The molecule has 0 radical (unpaired) electrons. The van der Waals surface area contributed by atoms with Gasteiger partial charge in [-0.3, -0.25) is 0 Å². The van der Waals surface area contributed by atoms with Crippen LogP contribution in [0.15, 0.2) is 6.07 Å². The smallest absolute Gasteiger partial charge is 0.420 e. The van der Waals surface area contributed by atoms with Crippen LogP contribution in [0.2, 0.25) is 0 Å². The van der Waals surface area contributed by atoms with Gasteiger partial charge in [0.15, 0.2) is 11.5 Å². The molecule has 20 heavy (non-hydrogen) atoms. The van der Waals surface area contributed by atoms with Crippen LogP contribution in [0, 0.1) is 0 Å². The Morgan fingerprint density at radius 2 is 1.05 bits per heavy atom. The summed E-state index contributed by atoms with van der Waals surface area (Å²) in [4.78, 5) is 0. The normalized spacial score (nSPS) is 13.7. The molecule has 0 aliphatic rings. The molecule has 11 heteroatoms. The van der Waals surface area contributed by atoms with Crippen LogP contribution in [0.25, 0.3) is 0 Å². The van der Waals surface area contributed by atoms with Gasteiger partial charge in [-0.15, -0.1) is 0 Å². The van der Waals surface area contributed by atoms with Gasteiger partial charge in [-0.05, 0) is 6.07 Å². The average Bonchev–Trinajstić information content (AvgIpc) is 2.15. The monoisotopic (exact) mass is 314 g/mol. The summed E-state index contributed by atoms with van der Waals surface area (Å²) in [6, 6.07) is -0.618. The molecule has 0 unspecified atom stereocenters. The van der Waals surface area contributed by atoms with E-state index in [1.54, 1.807) is 0 Å². The highest BCUT2D eigenvalue weighted by Gasteiger charge is 2.52. The fraction of sp³-hybridized carbons (Fsp3) is 0.333. The van der Waals surface area contributed by atoms with E-state index in [-0.39, 0.29) is 0 Å². The van der Waals surface area contributed by atoms with E-state index in [9.17, 15) is 39.5 Å².